The van der Waals surface area contributed by atoms with E-state index in [4.69, 9.17) is 23.8 Å². The topological polar surface area (TPSA) is 48.8 Å². The van der Waals surface area contributed by atoms with Crippen LogP contribution in [0.4, 0.5) is 15.8 Å². The summed E-state index contributed by atoms with van der Waals surface area (Å²) in [5.74, 6) is -0.336. The first kappa shape index (κ1) is 19.5. The molecule has 8 heteroatoms. The minimum atomic E-state index is -0.279. The van der Waals surface area contributed by atoms with E-state index in [1.54, 1.807) is 24.3 Å². The van der Waals surface area contributed by atoms with Crippen LogP contribution >= 0.6 is 23.8 Å². The number of carbonyl (C=O) groups is 1. The Kier molecular flexibility index (Phi) is 6.60. The first-order chi connectivity index (χ1) is 13.0. The number of amides is 1. The van der Waals surface area contributed by atoms with Gasteiger partial charge in [-0.15, -0.1) is 0 Å². The van der Waals surface area contributed by atoms with E-state index in [9.17, 15) is 9.18 Å². The van der Waals surface area contributed by atoms with Crippen LogP contribution in [0.2, 0.25) is 5.02 Å². The number of nitrogens with zero attached hydrogens (tertiary/aromatic N) is 1. The van der Waals surface area contributed by atoms with Crippen LogP contribution in [-0.2, 0) is 4.79 Å². The summed E-state index contributed by atoms with van der Waals surface area (Å²) < 4.78 is 13.0. The molecule has 1 saturated heterocycles. The van der Waals surface area contributed by atoms with Gasteiger partial charge in [-0.1, -0.05) is 23.7 Å². The SMILES string of the molecule is O=C(C[NH+]1CCN(C(=S)Nc2ccc(F)cc2)CC1)Nc1ccccc1Cl. The van der Waals surface area contributed by atoms with E-state index in [2.05, 4.69) is 15.5 Å². The van der Waals surface area contributed by atoms with Gasteiger partial charge in [0.05, 0.1) is 36.9 Å². The Morgan fingerprint density at radius 2 is 1.78 bits per heavy atom. The molecule has 1 amide bonds. The number of hydrogen-bond acceptors (Lipinski definition) is 2. The van der Waals surface area contributed by atoms with Crippen molar-refractivity contribution >= 4 is 46.2 Å². The van der Waals surface area contributed by atoms with Gasteiger partial charge in [0.15, 0.2) is 11.7 Å². The van der Waals surface area contributed by atoms with Crippen LogP contribution in [0.5, 0.6) is 0 Å². The smallest absolute Gasteiger partial charge is 0.279 e. The Hall–Kier alpha value is -2.22. The van der Waals surface area contributed by atoms with Crippen molar-refractivity contribution in [3.8, 4) is 0 Å². The maximum atomic E-state index is 13.0. The third-order valence-electron chi connectivity index (χ3n) is 4.41. The molecule has 2 aromatic rings. The standard InChI is InChI=1S/C19H20ClFN4OS/c20-16-3-1-2-4-17(16)23-18(26)13-24-9-11-25(12-10-24)19(27)22-15-7-5-14(21)6-8-15/h1-8H,9-13H2,(H,22,27)(H,23,26)/p+1. The number of anilines is 2. The molecule has 0 aliphatic carbocycles. The molecule has 0 saturated carbocycles. The zero-order valence-corrected chi connectivity index (χ0v) is 16.2. The van der Waals surface area contributed by atoms with Crippen molar-refractivity contribution in [1.29, 1.82) is 0 Å². The summed E-state index contributed by atoms with van der Waals surface area (Å²) in [6, 6.07) is 13.3. The van der Waals surface area contributed by atoms with Crippen LogP contribution in [0.15, 0.2) is 48.5 Å². The maximum Gasteiger partial charge on any atom is 0.279 e. The molecule has 0 bridgehead atoms. The Morgan fingerprint density at radius 1 is 1.11 bits per heavy atom. The van der Waals surface area contributed by atoms with Gasteiger partial charge in [-0.25, -0.2) is 4.39 Å². The molecule has 1 aliphatic rings. The van der Waals surface area contributed by atoms with Crippen LogP contribution in [0.25, 0.3) is 0 Å². The van der Waals surface area contributed by atoms with Crippen LogP contribution < -0.4 is 15.5 Å². The average molecular weight is 408 g/mol. The third kappa shape index (κ3) is 5.63. The molecule has 0 atom stereocenters. The molecule has 1 aliphatic heterocycles. The average Bonchev–Trinajstić information content (AvgIpc) is 2.66. The molecule has 0 aromatic heterocycles. The lowest BCUT2D eigenvalue weighted by molar-refractivity contribution is -0.895. The lowest BCUT2D eigenvalue weighted by Gasteiger charge is -2.33. The van der Waals surface area contributed by atoms with Crippen LogP contribution in [0.1, 0.15) is 0 Å². The number of piperazine rings is 1. The zero-order chi connectivity index (χ0) is 19.2. The fourth-order valence-electron chi connectivity index (χ4n) is 2.92. The van der Waals surface area contributed by atoms with Gasteiger partial charge in [0, 0.05) is 5.69 Å². The minimum absolute atomic E-state index is 0.0569. The summed E-state index contributed by atoms with van der Waals surface area (Å²) in [6.45, 7) is 3.50. The molecule has 0 unspecified atom stereocenters. The van der Waals surface area contributed by atoms with Crippen molar-refractivity contribution in [1.82, 2.24) is 4.90 Å². The summed E-state index contributed by atoms with van der Waals surface area (Å²) >= 11 is 11.5. The Balaban J connectivity index is 1.44. The Bertz CT molecular complexity index is 810. The number of thiocarbonyl (C=S) groups is 1. The van der Waals surface area contributed by atoms with Crippen molar-refractivity contribution in [3.05, 3.63) is 59.4 Å². The van der Waals surface area contributed by atoms with E-state index in [1.807, 2.05) is 12.1 Å². The number of quaternary nitrogens is 1. The number of benzene rings is 2. The zero-order valence-electron chi connectivity index (χ0n) is 14.7. The van der Waals surface area contributed by atoms with Gasteiger partial charge in [-0.3, -0.25) is 4.79 Å². The summed E-state index contributed by atoms with van der Waals surface area (Å²) in [6.07, 6.45) is 0. The van der Waals surface area contributed by atoms with Crippen molar-refractivity contribution in [2.24, 2.45) is 0 Å². The van der Waals surface area contributed by atoms with Gasteiger partial charge in [-0.2, -0.15) is 0 Å². The van der Waals surface area contributed by atoms with Crippen molar-refractivity contribution < 1.29 is 14.1 Å². The monoisotopic (exact) mass is 407 g/mol. The number of hydrogen-bond donors (Lipinski definition) is 3. The Morgan fingerprint density at radius 3 is 2.44 bits per heavy atom. The van der Waals surface area contributed by atoms with Gasteiger partial charge >= 0.3 is 0 Å². The second-order valence-electron chi connectivity index (χ2n) is 6.38. The van der Waals surface area contributed by atoms with Crippen LogP contribution in [0.3, 0.4) is 0 Å². The summed E-state index contributed by atoms with van der Waals surface area (Å²) in [5.41, 5.74) is 1.39. The molecule has 1 heterocycles. The second-order valence-corrected chi connectivity index (χ2v) is 7.17. The minimum Gasteiger partial charge on any atom is -0.338 e. The van der Waals surface area contributed by atoms with E-state index in [-0.39, 0.29) is 11.7 Å². The highest BCUT2D eigenvalue weighted by Gasteiger charge is 2.23. The van der Waals surface area contributed by atoms with Crippen molar-refractivity contribution in [2.75, 3.05) is 43.4 Å². The largest absolute Gasteiger partial charge is 0.338 e. The number of rotatable bonds is 4. The van der Waals surface area contributed by atoms with Gasteiger partial charge < -0.3 is 20.4 Å². The van der Waals surface area contributed by atoms with E-state index in [1.165, 1.54) is 17.0 Å². The van der Waals surface area contributed by atoms with E-state index in [0.717, 1.165) is 31.9 Å². The molecule has 2 aromatic carbocycles. The summed E-state index contributed by atoms with van der Waals surface area (Å²) in [7, 11) is 0. The molecule has 3 rings (SSSR count). The van der Waals surface area contributed by atoms with Gasteiger partial charge in [0.1, 0.15) is 5.82 Å². The molecular weight excluding hydrogens is 387 g/mol. The Labute approximate surface area is 168 Å². The number of para-hydroxylation sites is 1. The molecule has 1 fully saturated rings. The third-order valence-corrected chi connectivity index (χ3v) is 5.10. The number of carbonyl (C=O) groups excluding carboxylic acids is 1. The first-order valence-corrected chi connectivity index (χ1v) is 9.49. The van der Waals surface area contributed by atoms with E-state index >= 15 is 0 Å². The highest BCUT2D eigenvalue weighted by Crippen LogP contribution is 2.19. The highest BCUT2D eigenvalue weighted by molar-refractivity contribution is 7.80. The van der Waals surface area contributed by atoms with Crippen LogP contribution in [0, 0.1) is 5.82 Å². The predicted molar refractivity (Wildman–Crippen MR) is 110 cm³/mol. The molecular formula is C19H21ClFN4OS+. The lowest BCUT2D eigenvalue weighted by atomic mass is 10.3. The fourth-order valence-corrected chi connectivity index (χ4v) is 3.41. The summed E-state index contributed by atoms with van der Waals surface area (Å²) in [5, 5.41) is 7.12. The maximum absolute atomic E-state index is 13.0. The molecule has 27 heavy (non-hydrogen) atoms. The lowest BCUT2D eigenvalue weighted by Crippen LogP contribution is -3.15. The van der Waals surface area contributed by atoms with Gasteiger partial charge in [0.2, 0.25) is 0 Å². The second kappa shape index (κ2) is 9.12. The fraction of sp³-hybridized carbons (Fsp3) is 0.263. The molecule has 5 nitrogen and oxygen atoms in total. The number of halogens is 2. The molecule has 3 N–H and O–H groups in total. The quantitative estimate of drug-likeness (QED) is 0.679. The normalized spacial score (nSPS) is 14.7. The van der Waals surface area contributed by atoms with E-state index < -0.39 is 0 Å². The molecule has 0 radical (unpaired) electrons. The van der Waals surface area contributed by atoms with Crippen LogP contribution in [-0.4, -0.2) is 48.6 Å². The highest BCUT2D eigenvalue weighted by atomic mass is 35.5. The molecule has 142 valence electrons. The summed E-state index contributed by atoms with van der Waals surface area (Å²) in [4.78, 5) is 15.5. The van der Waals surface area contributed by atoms with Crippen molar-refractivity contribution in [3.63, 3.8) is 0 Å². The van der Waals surface area contributed by atoms with Gasteiger partial charge in [0.25, 0.3) is 5.91 Å². The molecule has 0 spiro atoms. The first-order valence-electron chi connectivity index (χ1n) is 8.71. The number of nitrogens with one attached hydrogen (secondary N) is 3. The van der Waals surface area contributed by atoms with E-state index in [0.29, 0.717) is 22.4 Å². The van der Waals surface area contributed by atoms with Gasteiger partial charge in [-0.05, 0) is 48.6 Å². The predicted octanol–water partition coefficient (Wildman–Crippen LogP) is 2.02. The van der Waals surface area contributed by atoms with Crippen molar-refractivity contribution in [2.45, 2.75) is 0 Å².